The van der Waals surface area contributed by atoms with Gasteiger partial charge >= 0.3 is 0 Å². The number of amides is 2. The number of benzene rings is 1. The first kappa shape index (κ1) is 17.9. The molecule has 0 saturated carbocycles. The molecule has 3 N–H and O–H groups in total. The van der Waals surface area contributed by atoms with Crippen LogP contribution >= 0.6 is 11.6 Å². The first-order chi connectivity index (χ1) is 12.5. The first-order valence-electron chi connectivity index (χ1n) is 8.27. The number of H-pyrrole nitrogens is 1. The third-order valence-corrected chi connectivity index (χ3v) is 4.15. The summed E-state index contributed by atoms with van der Waals surface area (Å²) in [4.78, 5) is 31.3. The van der Waals surface area contributed by atoms with E-state index in [0.717, 1.165) is 22.2 Å². The Morgan fingerprint density at radius 2 is 2.04 bits per heavy atom. The molecule has 0 aliphatic rings. The van der Waals surface area contributed by atoms with Crippen molar-refractivity contribution in [2.24, 2.45) is 0 Å². The van der Waals surface area contributed by atoms with Crippen molar-refractivity contribution >= 4 is 40.1 Å². The predicted octanol–water partition coefficient (Wildman–Crippen LogP) is 3.21. The minimum absolute atomic E-state index is 0.137. The molecule has 0 spiro atoms. The maximum atomic E-state index is 12.1. The molecule has 7 heteroatoms. The Bertz CT molecular complexity index is 952. The molecule has 2 amide bonds. The lowest BCUT2D eigenvalue weighted by Crippen LogP contribution is -2.29. The van der Waals surface area contributed by atoms with E-state index in [1.54, 1.807) is 18.3 Å². The van der Waals surface area contributed by atoms with Crippen molar-refractivity contribution in [1.29, 1.82) is 0 Å². The van der Waals surface area contributed by atoms with Gasteiger partial charge in [0.15, 0.2) is 0 Å². The van der Waals surface area contributed by atoms with E-state index in [9.17, 15) is 9.59 Å². The van der Waals surface area contributed by atoms with Crippen molar-refractivity contribution in [3.8, 4) is 0 Å². The molecular formula is C19H19ClN4O2. The molecule has 0 atom stereocenters. The second-order valence-electron chi connectivity index (χ2n) is 5.99. The maximum Gasteiger partial charge on any atom is 0.227 e. The zero-order valence-corrected chi connectivity index (χ0v) is 15.1. The Morgan fingerprint density at radius 3 is 2.85 bits per heavy atom. The van der Waals surface area contributed by atoms with Gasteiger partial charge in [-0.05, 0) is 36.8 Å². The maximum absolute atomic E-state index is 12.1. The monoisotopic (exact) mass is 370 g/mol. The zero-order valence-electron chi connectivity index (χ0n) is 14.3. The number of halogens is 1. The Morgan fingerprint density at radius 1 is 1.19 bits per heavy atom. The largest absolute Gasteiger partial charge is 0.361 e. The van der Waals surface area contributed by atoms with Gasteiger partial charge in [-0.15, -0.1) is 0 Å². The molecule has 0 radical (unpaired) electrons. The number of fused-ring (bicyclic) bond motifs is 1. The number of pyridine rings is 1. The quantitative estimate of drug-likeness (QED) is 0.622. The topological polar surface area (TPSA) is 86.9 Å². The number of hydrogen-bond acceptors (Lipinski definition) is 3. The minimum atomic E-state index is -0.190. The van der Waals surface area contributed by atoms with E-state index < -0.39 is 0 Å². The lowest BCUT2D eigenvalue weighted by Gasteiger charge is -2.06. The average Bonchev–Trinajstić information content (AvgIpc) is 2.96. The van der Waals surface area contributed by atoms with Crippen molar-refractivity contribution in [3.05, 3.63) is 58.9 Å². The Kier molecular flexibility index (Phi) is 5.53. The van der Waals surface area contributed by atoms with Crippen molar-refractivity contribution in [1.82, 2.24) is 15.3 Å². The fourth-order valence-electron chi connectivity index (χ4n) is 2.67. The van der Waals surface area contributed by atoms with Crippen LogP contribution in [0.3, 0.4) is 0 Å². The van der Waals surface area contributed by atoms with Crippen molar-refractivity contribution < 1.29 is 9.59 Å². The van der Waals surface area contributed by atoms with E-state index in [4.69, 9.17) is 11.6 Å². The summed E-state index contributed by atoms with van der Waals surface area (Å²) < 4.78 is 0. The van der Waals surface area contributed by atoms with Crippen LogP contribution < -0.4 is 10.6 Å². The third-order valence-electron chi connectivity index (χ3n) is 3.91. The Hall–Kier alpha value is -2.86. The van der Waals surface area contributed by atoms with E-state index in [1.807, 2.05) is 31.2 Å². The van der Waals surface area contributed by atoms with E-state index in [1.165, 1.54) is 0 Å². The molecular weight excluding hydrogens is 352 g/mol. The summed E-state index contributed by atoms with van der Waals surface area (Å²) in [5, 5.41) is 7.09. The van der Waals surface area contributed by atoms with E-state index in [0.29, 0.717) is 10.8 Å². The highest BCUT2D eigenvalue weighted by Crippen LogP contribution is 2.22. The number of aromatic amines is 1. The molecule has 3 aromatic rings. The minimum Gasteiger partial charge on any atom is -0.361 e. The summed E-state index contributed by atoms with van der Waals surface area (Å²) in [6.45, 7) is 2.12. The van der Waals surface area contributed by atoms with Gasteiger partial charge in [-0.25, -0.2) is 4.98 Å². The number of rotatable bonds is 6. The third kappa shape index (κ3) is 4.61. The van der Waals surface area contributed by atoms with Gasteiger partial charge in [0.25, 0.3) is 0 Å². The van der Waals surface area contributed by atoms with Gasteiger partial charge in [-0.1, -0.05) is 23.7 Å². The van der Waals surface area contributed by atoms with Crippen LogP contribution in [0.4, 0.5) is 5.82 Å². The van der Waals surface area contributed by atoms with Crippen LogP contribution in [0.15, 0.2) is 42.6 Å². The number of aromatic nitrogens is 2. The van der Waals surface area contributed by atoms with Gasteiger partial charge in [0.2, 0.25) is 11.8 Å². The fraction of sp³-hybridized carbons (Fsp3) is 0.211. The van der Waals surface area contributed by atoms with Crippen LogP contribution in [-0.2, 0) is 16.0 Å². The van der Waals surface area contributed by atoms with Gasteiger partial charge in [0.05, 0.1) is 6.42 Å². The number of hydrogen-bond donors (Lipinski definition) is 3. The van der Waals surface area contributed by atoms with Crippen LogP contribution in [0.5, 0.6) is 0 Å². The molecule has 1 aromatic carbocycles. The van der Waals surface area contributed by atoms with E-state index in [-0.39, 0.29) is 31.2 Å². The number of anilines is 1. The van der Waals surface area contributed by atoms with Gasteiger partial charge in [-0.3, -0.25) is 9.59 Å². The lowest BCUT2D eigenvalue weighted by atomic mass is 10.1. The molecule has 0 fully saturated rings. The summed E-state index contributed by atoms with van der Waals surface area (Å²) >= 11 is 5.96. The summed E-state index contributed by atoms with van der Waals surface area (Å²) in [5.74, 6) is 0.186. The molecule has 26 heavy (non-hydrogen) atoms. The molecule has 134 valence electrons. The molecule has 0 unspecified atom stereocenters. The summed E-state index contributed by atoms with van der Waals surface area (Å²) in [7, 11) is 0. The van der Waals surface area contributed by atoms with Crippen LogP contribution in [-0.4, -0.2) is 28.3 Å². The number of nitrogens with zero attached hydrogens (tertiary/aromatic N) is 1. The number of nitrogens with one attached hydrogen (secondary N) is 3. The number of carbonyl (C=O) groups is 2. The van der Waals surface area contributed by atoms with Crippen molar-refractivity contribution in [3.63, 3.8) is 0 Å². The molecule has 0 bridgehead atoms. The molecule has 3 rings (SSSR count). The van der Waals surface area contributed by atoms with Gasteiger partial charge < -0.3 is 15.6 Å². The SMILES string of the molecule is Cc1cccc(NC(=O)CCNC(=O)Cc2c[nH]c3cc(Cl)ccc23)n1. The summed E-state index contributed by atoms with van der Waals surface area (Å²) in [6.07, 6.45) is 2.23. The molecule has 0 aliphatic carbocycles. The molecule has 2 aromatic heterocycles. The van der Waals surface area contributed by atoms with Crippen LogP contribution in [0.25, 0.3) is 10.9 Å². The Balaban J connectivity index is 1.47. The van der Waals surface area contributed by atoms with Crippen molar-refractivity contribution in [2.45, 2.75) is 19.8 Å². The Labute approximate surface area is 156 Å². The lowest BCUT2D eigenvalue weighted by molar-refractivity contribution is -0.120. The number of carbonyl (C=O) groups excluding carboxylic acids is 2. The van der Waals surface area contributed by atoms with E-state index >= 15 is 0 Å². The average molecular weight is 371 g/mol. The van der Waals surface area contributed by atoms with Crippen LogP contribution in [0.1, 0.15) is 17.7 Å². The fourth-order valence-corrected chi connectivity index (χ4v) is 2.85. The van der Waals surface area contributed by atoms with E-state index in [2.05, 4.69) is 20.6 Å². The molecule has 2 heterocycles. The standard InChI is InChI=1S/C19H19ClN4O2/c1-12-3-2-4-17(23-12)24-18(25)7-8-21-19(26)9-13-11-22-16-10-14(20)5-6-15(13)16/h2-6,10-11,22H,7-9H2,1H3,(H,21,26)(H,23,24,25). The van der Waals surface area contributed by atoms with Crippen molar-refractivity contribution in [2.75, 3.05) is 11.9 Å². The van der Waals surface area contributed by atoms with Crippen LogP contribution in [0.2, 0.25) is 5.02 Å². The summed E-state index contributed by atoms with van der Waals surface area (Å²) in [6, 6.07) is 10.9. The smallest absolute Gasteiger partial charge is 0.227 e. The van der Waals surface area contributed by atoms with Gasteiger partial charge in [0, 0.05) is 40.8 Å². The second kappa shape index (κ2) is 8.01. The molecule has 6 nitrogen and oxygen atoms in total. The predicted molar refractivity (Wildman–Crippen MR) is 102 cm³/mol. The highest BCUT2D eigenvalue weighted by molar-refractivity contribution is 6.31. The molecule has 0 aliphatic heterocycles. The van der Waals surface area contributed by atoms with Crippen LogP contribution in [0, 0.1) is 6.92 Å². The molecule has 0 saturated heterocycles. The first-order valence-corrected chi connectivity index (χ1v) is 8.65. The highest BCUT2D eigenvalue weighted by atomic mass is 35.5. The highest BCUT2D eigenvalue weighted by Gasteiger charge is 2.10. The van der Waals surface area contributed by atoms with Gasteiger partial charge in [0.1, 0.15) is 5.82 Å². The normalized spacial score (nSPS) is 10.7. The second-order valence-corrected chi connectivity index (χ2v) is 6.43. The number of aryl methyl sites for hydroxylation is 1. The summed E-state index contributed by atoms with van der Waals surface area (Å²) in [5.41, 5.74) is 2.61. The van der Waals surface area contributed by atoms with Gasteiger partial charge in [-0.2, -0.15) is 0 Å². The zero-order chi connectivity index (χ0) is 18.5.